The number of carbonyl (C=O) groups is 2. The van der Waals surface area contributed by atoms with Crippen molar-refractivity contribution in [3.05, 3.63) is 28.2 Å². The van der Waals surface area contributed by atoms with Crippen LogP contribution in [0.4, 0.5) is 18.9 Å². The molecule has 1 amide bonds. The van der Waals surface area contributed by atoms with E-state index in [-0.39, 0.29) is 15.7 Å². The van der Waals surface area contributed by atoms with E-state index in [1.165, 1.54) is 12.1 Å². The van der Waals surface area contributed by atoms with Gasteiger partial charge in [0.1, 0.15) is 0 Å². The summed E-state index contributed by atoms with van der Waals surface area (Å²) in [5, 5.41) is 8.92. The molecule has 0 heterocycles. The number of benzene rings is 1. The first-order chi connectivity index (χ1) is 10.4. The van der Waals surface area contributed by atoms with Crippen LogP contribution in [0.5, 0.6) is 0 Å². The average Bonchev–Trinajstić information content (AvgIpc) is 2.47. The van der Waals surface area contributed by atoms with Gasteiger partial charge in [0.15, 0.2) is 5.38 Å². The van der Waals surface area contributed by atoms with Crippen LogP contribution in [-0.4, -0.2) is 41.2 Å². The summed E-state index contributed by atoms with van der Waals surface area (Å²) in [6.45, 7) is 0. The van der Waals surface area contributed by atoms with Gasteiger partial charge in [-0.2, -0.15) is 13.2 Å². The second-order valence-electron chi connectivity index (χ2n) is 4.23. The molecule has 0 spiro atoms. The Morgan fingerprint density at radius 2 is 1.87 bits per heavy atom. The van der Waals surface area contributed by atoms with E-state index in [4.69, 9.17) is 34.8 Å². The molecular weight excluding hydrogens is 385 g/mol. The van der Waals surface area contributed by atoms with Crippen molar-refractivity contribution in [2.75, 3.05) is 12.4 Å². The molecule has 23 heavy (non-hydrogen) atoms. The molecule has 0 bridgehead atoms. The first-order valence-corrected chi connectivity index (χ1v) is 6.92. The lowest BCUT2D eigenvalue weighted by Gasteiger charge is -2.30. The Bertz CT molecular complexity index is 626. The number of alkyl halides is 4. The van der Waals surface area contributed by atoms with E-state index in [1.54, 1.807) is 0 Å². The number of hydrogen-bond donors (Lipinski definition) is 2. The molecule has 0 saturated heterocycles. The molecule has 1 aromatic rings. The van der Waals surface area contributed by atoms with Gasteiger partial charge in [-0.1, -0.05) is 23.2 Å². The molecule has 1 aromatic carbocycles. The minimum atomic E-state index is -5.55. The zero-order valence-corrected chi connectivity index (χ0v) is 13.5. The molecule has 0 saturated carbocycles. The number of rotatable bonds is 4. The molecule has 0 aromatic heterocycles. The average molecular weight is 395 g/mol. The Balaban J connectivity index is 3.14. The fourth-order valence-electron chi connectivity index (χ4n) is 1.50. The van der Waals surface area contributed by atoms with Gasteiger partial charge in [0.05, 0.1) is 17.8 Å². The van der Waals surface area contributed by atoms with Gasteiger partial charge in [-0.3, -0.25) is 4.79 Å². The summed E-state index contributed by atoms with van der Waals surface area (Å²) in [5.74, 6) is -3.65. The molecule has 0 aliphatic carbocycles. The third-order valence-corrected chi connectivity index (χ3v) is 3.79. The van der Waals surface area contributed by atoms with Gasteiger partial charge in [-0.25, -0.2) is 4.79 Å². The molecule has 1 rings (SSSR count). The van der Waals surface area contributed by atoms with Crippen molar-refractivity contribution in [1.82, 2.24) is 0 Å². The minimum Gasteiger partial charge on any atom is -0.467 e. The van der Waals surface area contributed by atoms with Crippen LogP contribution >= 0.6 is 34.8 Å². The number of esters is 1. The van der Waals surface area contributed by atoms with Crippen LogP contribution < -0.4 is 5.32 Å². The highest BCUT2D eigenvalue weighted by Crippen LogP contribution is 2.37. The highest BCUT2D eigenvalue weighted by molar-refractivity contribution is 6.38. The van der Waals surface area contributed by atoms with E-state index in [9.17, 15) is 27.9 Å². The van der Waals surface area contributed by atoms with Crippen LogP contribution in [0.3, 0.4) is 0 Å². The summed E-state index contributed by atoms with van der Waals surface area (Å²) < 4.78 is 42.8. The van der Waals surface area contributed by atoms with Crippen molar-refractivity contribution >= 4 is 52.4 Å². The summed E-state index contributed by atoms with van der Waals surface area (Å²) in [6.07, 6.45) is -5.55. The van der Waals surface area contributed by atoms with Gasteiger partial charge < -0.3 is 15.2 Å². The van der Waals surface area contributed by atoms with E-state index >= 15 is 0 Å². The minimum absolute atomic E-state index is 0.0415. The van der Waals surface area contributed by atoms with E-state index in [0.717, 1.165) is 6.07 Å². The van der Waals surface area contributed by atoms with E-state index < -0.39 is 29.0 Å². The highest BCUT2D eigenvalue weighted by atomic mass is 35.5. The molecule has 11 heteroatoms. The lowest BCUT2D eigenvalue weighted by Crippen LogP contribution is -2.62. The first-order valence-electron chi connectivity index (χ1n) is 5.72. The van der Waals surface area contributed by atoms with Crippen LogP contribution in [0, 0.1) is 0 Å². The Hall–Kier alpha value is -1.22. The summed E-state index contributed by atoms with van der Waals surface area (Å²) in [4.78, 5) is 23.2. The normalized spacial score (nSPS) is 15.5. The van der Waals surface area contributed by atoms with Crippen LogP contribution in [0.2, 0.25) is 10.0 Å². The number of nitrogens with one attached hydrogen (secondary N) is 1. The second kappa shape index (κ2) is 7.12. The summed E-state index contributed by atoms with van der Waals surface area (Å²) in [7, 11) is 0.606. The summed E-state index contributed by atoms with van der Waals surface area (Å²) in [5.41, 5.74) is -4.39. The third-order valence-electron chi connectivity index (χ3n) is 2.71. The largest absolute Gasteiger partial charge is 0.467 e. The maximum absolute atomic E-state index is 13.0. The van der Waals surface area contributed by atoms with E-state index in [2.05, 4.69) is 4.74 Å². The second-order valence-corrected chi connectivity index (χ2v) is 5.51. The molecule has 0 radical (unpaired) electrons. The molecular formula is C12H9Cl3F3NO4. The predicted octanol–water partition coefficient (Wildman–Crippen LogP) is 3.01. The highest BCUT2D eigenvalue weighted by Gasteiger charge is 2.67. The summed E-state index contributed by atoms with van der Waals surface area (Å²) in [6, 6.07) is 3.80. The molecule has 2 N–H and O–H groups in total. The van der Waals surface area contributed by atoms with Gasteiger partial charge in [-0.05, 0) is 18.2 Å². The lowest BCUT2D eigenvalue weighted by atomic mass is 9.98. The maximum Gasteiger partial charge on any atom is 0.430 e. The van der Waals surface area contributed by atoms with Crippen molar-refractivity contribution in [2.45, 2.75) is 17.2 Å². The Morgan fingerprint density at radius 3 is 2.35 bits per heavy atom. The smallest absolute Gasteiger partial charge is 0.430 e. The zero-order valence-electron chi connectivity index (χ0n) is 11.2. The van der Waals surface area contributed by atoms with Gasteiger partial charge in [0, 0.05) is 5.02 Å². The molecule has 5 nitrogen and oxygen atoms in total. The SMILES string of the molecule is COC(=O)[C@](O)([C@@H](Cl)C(=O)Nc1cc(Cl)ccc1Cl)C(F)(F)F. The van der Waals surface area contributed by atoms with Gasteiger partial charge in [-0.15, -0.1) is 11.6 Å². The number of hydrogen-bond acceptors (Lipinski definition) is 4. The van der Waals surface area contributed by atoms with E-state index in [1.807, 2.05) is 5.32 Å². The zero-order chi connectivity index (χ0) is 18.0. The number of anilines is 1. The lowest BCUT2D eigenvalue weighted by molar-refractivity contribution is -0.260. The summed E-state index contributed by atoms with van der Waals surface area (Å²) >= 11 is 16.8. The predicted molar refractivity (Wildman–Crippen MR) is 77.8 cm³/mol. The first kappa shape index (κ1) is 19.8. The van der Waals surface area contributed by atoms with E-state index in [0.29, 0.717) is 7.11 Å². The number of amides is 1. The van der Waals surface area contributed by atoms with Crippen LogP contribution in [0.15, 0.2) is 18.2 Å². The molecule has 0 aliphatic rings. The number of methoxy groups -OCH3 is 1. The molecule has 0 aliphatic heterocycles. The van der Waals surface area contributed by atoms with Crippen LogP contribution in [-0.2, 0) is 14.3 Å². The third kappa shape index (κ3) is 4.00. The topological polar surface area (TPSA) is 75.6 Å². The number of halogens is 6. The van der Waals surface area contributed by atoms with Gasteiger partial charge >= 0.3 is 12.1 Å². The van der Waals surface area contributed by atoms with Crippen molar-refractivity contribution in [3.8, 4) is 0 Å². The maximum atomic E-state index is 13.0. The van der Waals surface area contributed by atoms with Crippen molar-refractivity contribution < 1.29 is 32.6 Å². The molecule has 2 atom stereocenters. The van der Waals surface area contributed by atoms with Gasteiger partial charge in [0.2, 0.25) is 5.91 Å². The molecule has 128 valence electrons. The van der Waals surface area contributed by atoms with Crippen LogP contribution in [0.1, 0.15) is 0 Å². The van der Waals surface area contributed by atoms with Crippen molar-refractivity contribution in [3.63, 3.8) is 0 Å². The van der Waals surface area contributed by atoms with Gasteiger partial charge in [0.25, 0.3) is 5.60 Å². The standard InChI is InChI=1S/C12H9Cl3F3NO4/c1-23-10(21)11(22,12(16,17)18)8(15)9(20)19-7-4-5(13)2-3-6(7)14/h2-4,8,22H,1H3,(H,19,20)/t8-,11+/m0/s1. The fourth-order valence-corrected chi connectivity index (χ4v) is 2.10. The number of aliphatic hydroxyl groups is 1. The monoisotopic (exact) mass is 393 g/mol. The Labute approximate surface area is 143 Å². The number of ether oxygens (including phenoxy) is 1. The fraction of sp³-hybridized carbons (Fsp3) is 0.333. The Morgan fingerprint density at radius 1 is 1.30 bits per heavy atom. The van der Waals surface area contributed by atoms with Crippen LogP contribution in [0.25, 0.3) is 0 Å². The quantitative estimate of drug-likeness (QED) is 0.608. The Kier molecular flexibility index (Phi) is 6.14. The number of carbonyl (C=O) groups excluding carboxylic acids is 2. The van der Waals surface area contributed by atoms with Crippen molar-refractivity contribution in [1.29, 1.82) is 0 Å². The molecule has 0 unspecified atom stereocenters. The molecule has 0 fully saturated rings. The van der Waals surface area contributed by atoms with Crippen molar-refractivity contribution in [2.24, 2.45) is 0 Å².